The Morgan fingerprint density at radius 3 is 2.58 bits per heavy atom. The molecule has 0 fully saturated rings. The molecule has 1 N–H and O–H groups in total. The van der Waals surface area contributed by atoms with Crippen molar-refractivity contribution < 1.29 is 4.79 Å². The predicted octanol–water partition coefficient (Wildman–Crippen LogP) is 2.56. The molecule has 3 nitrogen and oxygen atoms in total. The third-order valence-corrected chi connectivity index (χ3v) is 2.93. The van der Waals surface area contributed by atoms with Gasteiger partial charge in [0, 0.05) is 19.8 Å². The van der Waals surface area contributed by atoms with Gasteiger partial charge in [-0.25, -0.2) is 0 Å². The molecule has 0 heterocycles. The van der Waals surface area contributed by atoms with Crippen LogP contribution in [0.5, 0.6) is 0 Å². The Kier molecular flexibility index (Phi) is 6.07. The molecule has 1 amide bonds. The number of amides is 1. The van der Waals surface area contributed by atoms with Gasteiger partial charge in [-0.15, -0.1) is 5.73 Å². The first kappa shape index (κ1) is 15.2. The minimum absolute atomic E-state index is 0.0297. The molecular weight excluding hydrogens is 236 g/mol. The molecule has 19 heavy (non-hydrogen) atoms. The number of rotatable bonds is 6. The highest BCUT2D eigenvalue weighted by atomic mass is 16.2. The van der Waals surface area contributed by atoms with E-state index in [-0.39, 0.29) is 17.9 Å². The molecule has 3 heteroatoms. The van der Waals surface area contributed by atoms with E-state index in [9.17, 15) is 4.79 Å². The zero-order valence-corrected chi connectivity index (χ0v) is 11.9. The maximum Gasteiger partial charge on any atom is 0.244 e. The van der Waals surface area contributed by atoms with E-state index in [1.165, 1.54) is 10.5 Å². The summed E-state index contributed by atoms with van der Waals surface area (Å²) in [4.78, 5) is 13.8. The highest BCUT2D eigenvalue weighted by Crippen LogP contribution is 2.07. The molecule has 0 aromatic heterocycles. The molecule has 1 aromatic rings. The molecule has 1 aromatic carbocycles. The summed E-state index contributed by atoms with van der Waals surface area (Å²) >= 11 is 0. The maximum atomic E-state index is 12.3. The molecule has 0 spiro atoms. The lowest BCUT2D eigenvalue weighted by Crippen LogP contribution is -2.46. The molecule has 0 unspecified atom stereocenters. The van der Waals surface area contributed by atoms with E-state index >= 15 is 0 Å². The van der Waals surface area contributed by atoms with Crippen LogP contribution in [0.4, 0.5) is 0 Å². The lowest BCUT2D eigenvalue weighted by Gasteiger charge is -2.25. The van der Waals surface area contributed by atoms with Gasteiger partial charge in [0.15, 0.2) is 0 Å². The Labute approximate surface area is 115 Å². The topological polar surface area (TPSA) is 32.3 Å². The van der Waals surface area contributed by atoms with Crippen molar-refractivity contribution in [2.75, 3.05) is 7.05 Å². The average molecular weight is 258 g/mol. The number of nitrogens with one attached hydrogen (secondary N) is 1. The van der Waals surface area contributed by atoms with Gasteiger partial charge in [-0.05, 0) is 11.5 Å². The van der Waals surface area contributed by atoms with Crippen LogP contribution in [0, 0.1) is 5.92 Å². The van der Waals surface area contributed by atoms with Crippen molar-refractivity contribution in [3.8, 4) is 0 Å². The smallest absolute Gasteiger partial charge is 0.244 e. The number of carbonyl (C=O) groups excluding carboxylic acids is 1. The number of hydrogen-bond donors (Lipinski definition) is 1. The van der Waals surface area contributed by atoms with Crippen LogP contribution in [0.1, 0.15) is 19.4 Å². The predicted molar refractivity (Wildman–Crippen MR) is 78.4 cm³/mol. The van der Waals surface area contributed by atoms with E-state index in [1.807, 2.05) is 44.2 Å². The van der Waals surface area contributed by atoms with Crippen molar-refractivity contribution in [2.24, 2.45) is 5.92 Å². The molecule has 0 saturated carbocycles. The summed E-state index contributed by atoms with van der Waals surface area (Å²) in [5.41, 5.74) is 3.79. The standard InChI is InChI=1S/C16H22N2O/c1-5-11-18(4)16(19)15(13(2)3)17-12-14-9-7-6-8-10-14/h6-11,13,15,17H,1,12H2,2-4H3/t15-/m0/s1. The zero-order valence-electron chi connectivity index (χ0n) is 11.9. The first-order valence-corrected chi connectivity index (χ1v) is 6.46. The molecule has 0 aliphatic carbocycles. The molecule has 0 aliphatic heterocycles. The second-order valence-electron chi connectivity index (χ2n) is 4.87. The van der Waals surface area contributed by atoms with Crippen molar-refractivity contribution in [1.82, 2.24) is 10.2 Å². The van der Waals surface area contributed by atoms with E-state index in [0.717, 1.165) is 0 Å². The van der Waals surface area contributed by atoms with Crippen LogP contribution in [0.2, 0.25) is 0 Å². The summed E-state index contributed by atoms with van der Waals surface area (Å²) < 4.78 is 0. The summed E-state index contributed by atoms with van der Waals surface area (Å²) in [7, 11) is 1.72. The number of benzene rings is 1. The van der Waals surface area contributed by atoms with Gasteiger partial charge >= 0.3 is 0 Å². The van der Waals surface area contributed by atoms with Crippen LogP contribution < -0.4 is 5.32 Å². The van der Waals surface area contributed by atoms with Crippen molar-refractivity contribution in [3.05, 3.63) is 54.4 Å². The molecule has 1 rings (SSSR count). The van der Waals surface area contributed by atoms with E-state index in [0.29, 0.717) is 6.54 Å². The first-order valence-electron chi connectivity index (χ1n) is 6.46. The Morgan fingerprint density at radius 1 is 1.42 bits per heavy atom. The van der Waals surface area contributed by atoms with Gasteiger partial charge in [0.25, 0.3) is 0 Å². The monoisotopic (exact) mass is 258 g/mol. The van der Waals surface area contributed by atoms with Gasteiger partial charge in [0.2, 0.25) is 5.91 Å². The molecule has 102 valence electrons. The highest BCUT2D eigenvalue weighted by molar-refractivity contribution is 5.82. The van der Waals surface area contributed by atoms with Gasteiger partial charge in [-0.3, -0.25) is 4.79 Å². The Hall–Kier alpha value is -1.83. The Morgan fingerprint density at radius 2 is 2.05 bits per heavy atom. The van der Waals surface area contributed by atoms with Gasteiger partial charge in [0.05, 0.1) is 6.04 Å². The van der Waals surface area contributed by atoms with Gasteiger partial charge in [-0.1, -0.05) is 50.8 Å². The fourth-order valence-corrected chi connectivity index (χ4v) is 1.85. The highest BCUT2D eigenvalue weighted by Gasteiger charge is 2.23. The van der Waals surface area contributed by atoms with E-state index < -0.39 is 0 Å². The fourth-order valence-electron chi connectivity index (χ4n) is 1.85. The molecule has 0 bridgehead atoms. The number of likely N-dealkylation sites (N-methyl/N-ethyl adjacent to an activating group) is 1. The summed E-state index contributed by atoms with van der Waals surface area (Å²) in [6.07, 6.45) is 1.56. The summed E-state index contributed by atoms with van der Waals surface area (Å²) in [5, 5.41) is 3.32. The second kappa shape index (κ2) is 7.57. The van der Waals surface area contributed by atoms with Crippen LogP contribution >= 0.6 is 0 Å². The molecular formula is C16H22N2O. The Bertz CT molecular complexity index is 447. The minimum Gasteiger partial charge on any atom is -0.314 e. The van der Waals surface area contributed by atoms with Crippen molar-refractivity contribution >= 4 is 5.91 Å². The number of carbonyl (C=O) groups is 1. The van der Waals surface area contributed by atoms with Gasteiger partial charge in [0.1, 0.15) is 0 Å². The van der Waals surface area contributed by atoms with Crippen LogP contribution in [-0.2, 0) is 11.3 Å². The van der Waals surface area contributed by atoms with E-state index in [4.69, 9.17) is 0 Å². The average Bonchev–Trinajstić information content (AvgIpc) is 2.39. The minimum atomic E-state index is -0.213. The summed E-state index contributed by atoms with van der Waals surface area (Å²) in [6.45, 7) is 8.24. The molecule has 1 atom stereocenters. The SMILES string of the molecule is C=C=CN(C)C(=O)[C@@H](NCc1ccccc1)C(C)C. The van der Waals surface area contributed by atoms with E-state index in [1.54, 1.807) is 13.2 Å². The maximum absolute atomic E-state index is 12.3. The second-order valence-corrected chi connectivity index (χ2v) is 4.87. The van der Waals surface area contributed by atoms with Crippen molar-refractivity contribution in [2.45, 2.75) is 26.4 Å². The summed E-state index contributed by atoms with van der Waals surface area (Å²) in [6, 6.07) is 9.85. The molecule has 0 radical (unpaired) electrons. The molecule has 0 aliphatic rings. The lowest BCUT2D eigenvalue weighted by molar-refractivity contribution is -0.130. The van der Waals surface area contributed by atoms with Crippen LogP contribution in [0.3, 0.4) is 0 Å². The zero-order chi connectivity index (χ0) is 14.3. The summed E-state index contributed by atoms with van der Waals surface area (Å²) in [5.74, 6) is 0.249. The van der Waals surface area contributed by atoms with Gasteiger partial charge < -0.3 is 10.2 Å². The fraction of sp³-hybridized carbons (Fsp3) is 0.375. The third kappa shape index (κ3) is 4.74. The van der Waals surface area contributed by atoms with Crippen LogP contribution in [0.25, 0.3) is 0 Å². The van der Waals surface area contributed by atoms with Crippen LogP contribution in [0.15, 0.2) is 48.8 Å². The van der Waals surface area contributed by atoms with Crippen molar-refractivity contribution in [3.63, 3.8) is 0 Å². The van der Waals surface area contributed by atoms with Gasteiger partial charge in [-0.2, -0.15) is 0 Å². The number of hydrogen-bond acceptors (Lipinski definition) is 2. The quantitative estimate of drug-likeness (QED) is 0.795. The first-order chi connectivity index (χ1) is 9.06. The third-order valence-electron chi connectivity index (χ3n) is 2.93. The Balaban J connectivity index is 2.68. The normalized spacial score (nSPS) is 11.8. The molecule has 0 saturated heterocycles. The number of nitrogens with zero attached hydrogens (tertiary/aromatic N) is 1. The van der Waals surface area contributed by atoms with E-state index in [2.05, 4.69) is 17.6 Å². The van der Waals surface area contributed by atoms with Crippen molar-refractivity contribution in [1.29, 1.82) is 0 Å². The largest absolute Gasteiger partial charge is 0.314 e. The van der Waals surface area contributed by atoms with Crippen LogP contribution in [-0.4, -0.2) is 23.9 Å². The lowest BCUT2D eigenvalue weighted by atomic mass is 10.0.